The van der Waals surface area contributed by atoms with Gasteiger partial charge in [-0.25, -0.2) is 4.39 Å². The Morgan fingerprint density at radius 2 is 1.75 bits per heavy atom. The number of hydrogen-bond donors (Lipinski definition) is 1. The van der Waals surface area contributed by atoms with Crippen molar-refractivity contribution in [2.24, 2.45) is 0 Å². The van der Waals surface area contributed by atoms with Gasteiger partial charge in [0.1, 0.15) is 5.82 Å². The summed E-state index contributed by atoms with van der Waals surface area (Å²) in [7, 11) is 3.18. The molecule has 0 amide bonds. The highest BCUT2D eigenvalue weighted by atomic mass is 19.1. The number of rotatable bonds is 3. The maximum Gasteiger partial charge on any atom is 0.161 e. The Kier molecular flexibility index (Phi) is 3.06. The predicted octanol–water partition coefficient (Wildman–Crippen LogP) is 3.99. The van der Waals surface area contributed by atoms with Gasteiger partial charge < -0.3 is 14.5 Å². The molecule has 1 aromatic heterocycles. The fourth-order valence-corrected chi connectivity index (χ4v) is 2.28. The summed E-state index contributed by atoms with van der Waals surface area (Å²) in [6.07, 6.45) is 0. The molecule has 0 aliphatic rings. The topological polar surface area (TPSA) is 34.2 Å². The van der Waals surface area contributed by atoms with Gasteiger partial charge in [0.15, 0.2) is 11.5 Å². The van der Waals surface area contributed by atoms with E-state index in [1.54, 1.807) is 20.3 Å². The lowest BCUT2D eigenvalue weighted by atomic mass is 10.1. The summed E-state index contributed by atoms with van der Waals surface area (Å²) in [4.78, 5) is 3.10. The first-order chi connectivity index (χ1) is 9.72. The lowest BCUT2D eigenvalue weighted by Crippen LogP contribution is -1.90. The third kappa shape index (κ3) is 1.99. The zero-order valence-corrected chi connectivity index (χ0v) is 11.2. The van der Waals surface area contributed by atoms with E-state index in [0.717, 1.165) is 16.6 Å². The van der Waals surface area contributed by atoms with Crippen molar-refractivity contribution in [1.82, 2.24) is 4.98 Å². The summed E-state index contributed by atoms with van der Waals surface area (Å²) in [5.41, 5.74) is 2.27. The van der Waals surface area contributed by atoms with Crippen molar-refractivity contribution >= 4 is 10.9 Å². The summed E-state index contributed by atoms with van der Waals surface area (Å²) < 4.78 is 24.2. The average Bonchev–Trinajstić information content (AvgIpc) is 2.92. The third-order valence-electron chi connectivity index (χ3n) is 3.30. The SMILES string of the molecule is COc1ccc(-c2cc3cccc(F)c3[nH]2)cc1OC. The highest BCUT2D eigenvalue weighted by Gasteiger charge is 2.10. The third-order valence-corrected chi connectivity index (χ3v) is 3.30. The number of ether oxygens (including phenoxy) is 2. The fourth-order valence-electron chi connectivity index (χ4n) is 2.28. The van der Waals surface area contributed by atoms with Crippen LogP contribution in [-0.4, -0.2) is 19.2 Å². The van der Waals surface area contributed by atoms with E-state index in [9.17, 15) is 4.39 Å². The summed E-state index contributed by atoms with van der Waals surface area (Å²) in [6.45, 7) is 0. The van der Waals surface area contributed by atoms with E-state index in [1.807, 2.05) is 30.3 Å². The number of nitrogens with one attached hydrogen (secondary N) is 1. The number of halogens is 1. The second-order valence-electron chi connectivity index (χ2n) is 4.46. The van der Waals surface area contributed by atoms with Crippen LogP contribution in [0, 0.1) is 5.82 Å². The van der Waals surface area contributed by atoms with E-state index < -0.39 is 0 Å². The molecule has 3 aromatic rings. The second kappa shape index (κ2) is 4.89. The summed E-state index contributed by atoms with van der Waals surface area (Å²) in [5.74, 6) is 1.05. The molecule has 0 atom stereocenters. The van der Waals surface area contributed by atoms with Crippen LogP contribution in [0.2, 0.25) is 0 Å². The molecule has 1 N–H and O–H groups in total. The number of aromatic nitrogens is 1. The fraction of sp³-hybridized carbons (Fsp3) is 0.125. The molecular formula is C16H14FNO2. The van der Waals surface area contributed by atoms with Crippen LogP contribution in [0.1, 0.15) is 0 Å². The lowest BCUT2D eigenvalue weighted by molar-refractivity contribution is 0.355. The van der Waals surface area contributed by atoms with E-state index in [4.69, 9.17) is 9.47 Å². The van der Waals surface area contributed by atoms with Crippen LogP contribution >= 0.6 is 0 Å². The minimum atomic E-state index is -0.255. The Hall–Kier alpha value is -2.49. The van der Waals surface area contributed by atoms with Gasteiger partial charge >= 0.3 is 0 Å². The molecule has 0 saturated carbocycles. The van der Waals surface area contributed by atoms with Crippen LogP contribution in [0.5, 0.6) is 11.5 Å². The zero-order chi connectivity index (χ0) is 14.1. The van der Waals surface area contributed by atoms with Gasteiger partial charge in [0, 0.05) is 16.6 Å². The Labute approximate surface area is 116 Å². The Balaban J connectivity index is 2.13. The van der Waals surface area contributed by atoms with Crippen LogP contribution in [0.3, 0.4) is 0 Å². The number of fused-ring (bicyclic) bond motifs is 1. The number of methoxy groups -OCH3 is 2. The second-order valence-corrected chi connectivity index (χ2v) is 4.46. The molecule has 2 aromatic carbocycles. The molecule has 4 heteroatoms. The minimum Gasteiger partial charge on any atom is -0.493 e. The van der Waals surface area contributed by atoms with Crippen molar-refractivity contribution in [3.63, 3.8) is 0 Å². The molecule has 0 saturated heterocycles. The van der Waals surface area contributed by atoms with Crippen LogP contribution in [0.15, 0.2) is 42.5 Å². The smallest absolute Gasteiger partial charge is 0.161 e. The maximum absolute atomic E-state index is 13.7. The summed E-state index contributed by atoms with van der Waals surface area (Å²) in [5, 5.41) is 0.842. The van der Waals surface area contributed by atoms with Gasteiger partial charge in [0.25, 0.3) is 0 Å². The lowest BCUT2D eigenvalue weighted by Gasteiger charge is -2.08. The van der Waals surface area contributed by atoms with Crippen molar-refractivity contribution in [3.05, 3.63) is 48.3 Å². The Morgan fingerprint density at radius 1 is 0.950 bits per heavy atom. The number of H-pyrrole nitrogens is 1. The van der Waals surface area contributed by atoms with Crippen LogP contribution in [0.4, 0.5) is 4.39 Å². The molecule has 0 unspecified atom stereocenters. The van der Waals surface area contributed by atoms with Crippen LogP contribution in [0.25, 0.3) is 22.2 Å². The van der Waals surface area contributed by atoms with Gasteiger partial charge in [0.05, 0.1) is 19.7 Å². The highest BCUT2D eigenvalue weighted by Crippen LogP contribution is 2.33. The number of para-hydroxylation sites is 1. The standard InChI is InChI=1S/C16H14FNO2/c1-19-14-7-6-10(9-15(14)20-2)13-8-11-4-3-5-12(17)16(11)18-13/h3-9,18H,1-2H3. The summed E-state index contributed by atoms with van der Waals surface area (Å²) >= 11 is 0. The molecule has 0 radical (unpaired) electrons. The van der Waals surface area contributed by atoms with Crippen molar-refractivity contribution in [3.8, 4) is 22.8 Å². The number of hydrogen-bond acceptors (Lipinski definition) is 2. The van der Waals surface area contributed by atoms with E-state index in [0.29, 0.717) is 17.0 Å². The predicted molar refractivity (Wildman–Crippen MR) is 76.8 cm³/mol. The number of benzene rings is 2. The van der Waals surface area contributed by atoms with E-state index >= 15 is 0 Å². The van der Waals surface area contributed by atoms with Crippen molar-refractivity contribution in [2.75, 3.05) is 14.2 Å². The van der Waals surface area contributed by atoms with E-state index in [-0.39, 0.29) is 5.82 Å². The van der Waals surface area contributed by atoms with Gasteiger partial charge in [0.2, 0.25) is 0 Å². The highest BCUT2D eigenvalue weighted by molar-refractivity contribution is 5.86. The largest absolute Gasteiger partial charge is 0.493 e. The Morgan fingerprint density at radius 3 is 2.45 bits per heavy atom. The van der Waals surface area contributed by atoms with Gasteiger partial charge in [-0.15, -0.1) is 0 Å². The molecule has 102 valence electrons. The van der Waals surface area contributed by atoms with Crippen molar-refractivity contribution in [1.29, 1.82) is 0 Å². The first-order valence-corrected chi connectivity index (χ1v) is 6.22. The monoisotopic (exact) mass is 271 g/mol. The van der Waals surface area contributed by atoms with Crippen LogP contribution < -0.4 is 9.47 Å². The van der Waals surface area contributed by atoms with Gasteiger partial charge in [-0.1, -0.05) is 12.1 Å². The maximum atomic E-state index is 13.7. The molecular weight excluding hydrogens is 257 g/mol. The molecule has 20 heavy (non-hydrogen) atoms. The summed E-state index contributed by atoms with van der Waals surface area (Å²) in [6, 6.07) is 12.5. The van der Waals surface area contributed by atoms with Crippen LogP contribution in [-0.2, 0) is 0 Å². The quantitative estimate of drug-likeness (QED) is 0.781. The number of aromatic amines is 1. The molecule has 0 aliphatic heterocycles. The minimum absolute atomic E-state index is 0.255. The van der Waals surface area contributed by atoms with Crippen molar-refractivity contribution in [2.45, 2.75) is 0 Å². The Bertz CT molecular complexity index is 764. The molecule has 0 spiro atoms. The van der Waals surface area contributed by atoms with E-state index in [2.05, 4.69) is 4.98 Å². The van der Waals surface area contributed by atoms with Crippen molar-refractivity contribution < 1.29 is 13.9 Å². The van der Waals surface area contributed by atoms with Gasteiger partial charge in [-0.2, -0.15) is 0 Å². The average molecular weight is 271 g/mol. The van der Waals surface area contributed by atoms with E-state index in [1.165, 1.54) is 6.07 Å². The molecule has 1 heterocycles. The zero-order valence-electron chi connectivity index (χ0n) is 11.2. The molecule has 0 fully saturated rings. The molecule has 0 aliphatic carbocycles. The first-order valence-electron chi connectivity index (χ1n) is 6.22. The first kappa shape index (κ1) is 12.5. The normalized spacial score (nSPS) is 10.8. The van der Waals surface area contributed by atoms with Gasteiger partial charge in [-0.3, -0.25) is 0 Å². The van der Waals surface area contributed by atoms with Gasteiger partial charge in [-0.05, 0) is 30.3 Å². The molecule has 3 nitrogen and oxygen atoms in total. The molecule has 0 bridgehead atoms. The molecule has 3 rings (SSSR count).